The molecule has 0 aromatic heterocycles. The number of rotatable bonds is 0. The molecule has 7 nitrogen and oxygen atoms in total. The summed E-state index contributed by atoms with van der Waals surface area (Å²) in [6.45, 7) is 28.5. The predicted octanol–water partition coefficient (Wildman–Crippen LogP) is 0.588. The van der Waals surface area contributed by atoms with Crippen LogP contribution in [0.1, 0.15) is 0 Å². The summed E-state index contributed by atoms with van der Waals surface area (Å²) < 4.78 is 0. The summed E-state index contributed by atoms with van der Waals surface area (Å²) in [5.41, 5.74) is 0. The minimum absolute atomic E-state index is 0. The number of thiocyanates is 1. The van der Waals surface area contributed by atoms with E-state index in [2.05, 4.69) is 12.6 Å². The summed E-state index contributed by atoms with van der Waals surface area (Å²) in [4.78, 5) is 0. The van der Waals surface area contributed by atoms with Crippen molar-refractivity contribution < 1.29 is 39.4 Å². The van der Waals surface area contributed by atoms with Crippen LogP contribution in [-0.4, -0.2) is 0 Å². The van der Waals surface area contributed by atoms with Gasteiger partial charge in [-0.2, -0.15) is 0 Å². The first kappa shape index (κ1) is 82.6. The van der Waals surface area contributed by atoms with Gasteiger partial charge in [0, 0.05) is 22.4 Å². The molecule has 0 aromatic carbocycles. The third-order valence-electron chi connectivity index (χ3n) is 0. The predicted molar refractivity (Wildman–Crippen MR) is 42.8 cm³/mol. The second kappa shape index (κ2) is 1950. The zero-order valence-corrected chi connectivity index (χ0v) is 11.1. The number of nitrogens with zero attached hydrogens (tertiary/aromatic N) is 7. The molecule has 1 radical (unpaired) electrons. The van der Waals surface area contributed by atoms with Crippen LogP contribution in [0.2, 0.25) is 0 Å². The molecule has 0 rings (SSSR count). The molecule has 0 spiro atoms. The molecular weight excluding hydrogens is 378 g/mol. The first-order chi connectivity index (χ1) is 7.41. The van der Waals surface area contributed by atoms with E-state index < -0.39 is 0 Å². The van der Waals surface area contributed by atoms with Gasteiger partial charge in [-0.1, -0.05) is 5.40 Å². The topological polar surface area (TPSA) is 167 Å². The largest absolute Gasteiger partial charge is 2.00 e. The Balaban J connectivity index is -0.00000000620. The normalized spacial score (nSPS) is 1.12. The summed E-state index contributed by atoms with van der Waals surface area (Å²) in [6.07, 6.45) is 0. The molecule has 0 unspecified atom stereocenters. The van der Waals surface area contributed by atoms with Crippen LogP contribution in [0.5, 0.6) is 0 Å². The molecule has 0 aliphatic heterocycles. The summed E-state index contributed by atoms with van der Waals surface area (Å²) in [5.74, 6) is 0. The van der Waals surface area contributed by atoms with Crippen LogP contribution in [0.4, 0.5) is 0 Å². The third-order valence-corrected chi connectivity index (χ3v) is 0. The fourth-order valence-corrected chi connectivity index (χ4v) is 0. The van der Waals surface area contributed by atoms with Crippen LogP contribution in [0.25, 0.3) is 0 Å². The Morgan fingerprint density at radius 3 is 0.588 bits per heavy atom. The SMILES string of the molecule is N#C[S-].[Ag].[C-]#N.[C-]#N.[C-]#N.[C-]#N.[C-]#N.[C-]#N.[Fe+2]. The second-order valence-electron chi connectivity index (χ2n) is 0.0913. The quantitative estimate of drug-likeness (QED) is 0.255. The van der Waals surface area contributed by atoms with E-state index in [1.165, 1.54) is 5.40 Å². The Bertz CT molecular complexity index is 166. The zero-order chi connectivity index (χ0) is 14.7. The smallest absolute Gasteiger partial charge is 0.696 e. The molecule has 0 fully saturated rings. The van der Waals surface area contributed by atoms with Gasteiger partial charge < -0.3 is 83.6 Å². The second-order valence-corrected chi connectivity index (χ2v) is 0.274. The van der Waals surface area contributed by atoms with Crippen molar-refractivity contribution in [3.8, 4) is 5.40 Å². The van der Waals surface area contributed by atoms with Gasteiger partial charge >= 0.3 is 17.1 Å². The van der Waals surface area contributed by atoms with Crippen LogP contribution in [0.3, 0.4) is 0 Å². The van der Waals surface area contributed by atoms with E-state index in [1.807, 2.05) is 0 Å². The fraction of sp³-hybridized carbons (Fsp3) is 0. The molecule has 0 saturated heterocycles. The van der Waals surface area contributed by atoms with Crippen LogP contribution in [-0.2, 0) is 52.1 Å². The number of nitriles is 1. The molecular formula is C7AgFeN7S-5. The minimum Gasteiger partial charge on any atom is -0.696 e. The maximum absolute atomic E-state index is 7.13. The standard InChI is InChI=1S/CHNS.6CN.Ag.Fe/c2-1-3;6*1-2;;/h3H;;;;;;;;/q;6*-1;;+2/p-1. The van der Waals surface area contributed by atoms with Gasteiger partial charge in [-0.3, -0.25) is 0 Å². The molecule has 0 aliphatic carbocycles. The number of hydrogen-bond acceptors (Lipinski definition) is 8. The molecule has 0 N–H and O–H groups in total. The van der Waals surface area contributed by atoms with Gasteiger partial charge in [-0.15, -0.1) is 0 Å². The van der Waals surface area contributed by atoms with E-state index in [0.29, 0.717) is 0 Å². The Labute approximate surface area is 133 Å². The van der Waals surface area contributed by atoms with Gasteiger partial charge in [0.1, 0.15) is 0 Å². The molecule has 17 heavy (non-hydrogen) atoms. The van der Waals surface area contributed by atoms with Gasteiger partial charge in [-0.25, -0.2) is 5.26 Å². The first-order valence-corrected chi connectivity index (χ1v) is 2.18. The van der Waals surface area contributed by atoms with Crippen molar-refractivity contribution in [2.24, 2.45) is 0 Å². The molecule has 0 aromatic rings. The average molecular weight is 378 g/mol. The van der Waals surface area contributed by atoms with E-state index in [9.17, 15) is 0 Å². The van der Waals surface area contributed by atoms with Crippen molar-refractivity contribution in [1.82, 2.24) is 0 Å². The summed E-state index contributed by atoms with van der Waals surface area (Å²) in [7, 11) is 0. The monoisotopic (exact) mass is 377 g/mol. The Morgan fingerprint density at radius 2 is 0.588 bits per heavy atom. The molecule has 10 heteroatoms. The molecule has 0 bridgehead atoms. The van der Waals surface area contributed by atoms with E-state index in [1.54, 1.807) is 0 Å². The summed E-state index contributed by atoms with van der Waals surface area (Å²) >= 11 is 3.70. The minimum atomic E-state index is 0. The van der Waals surface area contributed by atoms with Crippen LogP contribution >= 0.6 is 0 Å². The van der Waals surface area contributed by atoms with Crippen molar-refractivity contribution in [3.63, 3.8) is 0 Å². The van der Waals surface area contributed by atoms with Gasteiger partial charge in [0.05, 0.1) is 0 Å². The molecule has 93 valence electrons. The first-order valence-electron chi connectivity index (χ1n) is 1.77. The van der Waals surface area contributed by atoms with Crippen molar-refractivity contribution in [2.45, 2.75) is 0 Å². The zero-order valence-electron chi connectivity index (χ0n) is 7.69. The Morgan fingerprint density at radius 1 is 0.588 bits per heavy atom. The van der Waals surface area contributed by atoms with Crippen molar-refractivity contribution in [3.05, 3.63) is 39.4 Å². The molecule has 0 aliphatic rings. The van der Waals surface area contributed by atoms with E-state index in [-0.39, 0.29) is 39.4 Å². The third kappa shape index (κ3) is 452. The van der Waals surface area contributed by atoms with Gasteiger partial charge in [0.25, 0.3) is 0 Å². The van der Waals surface area contributed by atoms with Crippen LogP contribution in [0, 0.1) is 81.7 Å². The van der Waals surface area contributed by atoms with Gasteiger partial charge in [0.15, 0.2) is 0 Å². The van der Waals surface area contributed by atoms with E-state index in [4.69, 9.17) is 76.3 Å². The maximum atomic E-state index is 7.13. The summed E-state index contributed by atoms with van der Waals surface area (Å²) in [5, 5.41) is 46.0. The van der Waals surface area contributed by atoms with Crippen molar-refractivity contribution >= 4 is 12.6 Å². The van der Waals surface area contributed by atoms with Crippen molar-refractivity contribution in [1.29, 1.82) is 36.8 Å². The maximum Gasteiger partial charge on any atom is 2.00 e. The van der Waals surface area contributed by atoms with Gasteiger partial charge in [-0.05, 0) is 0 Å². The van der Waals surface area contributed by atoms with E-state index in [0.717, 1.165) is 0 Å². The van der Waals surface area contributed by atoms with Crippen LogP contribution in [0.15, 0.2) is 0 Å². The fourth-order valence-electron chi connectivity index (χ4n) is 0. The average Bonchev–Trinajstić information content (AvgIpc) is 2.44. The Hall–Kier alpha value is -2.09. The van der Waals surface area contributed by atoms with E-state index >= 15 is 0 Å². The number of hydrogen-bond donors (Lipinski definition) is 0. The molecule has 0 saturated carbocycles. The van der Waals surface area contributed by atoms with Gasteiger partial charge in [0.2, 0.25) is 0 Å². The molecule has 0 heterocycles. The Kier molecular flexibility index (Phi) is 9480. The molecule has 0 amide bonds. The summed E-state index contributed by atoms with van der Waals surface area (Å²) in [6, 6.07) is 0. The van der Waals surface area contributed by atoms with Crippen molar-refractivity contribution in [2.75, 3.05) is 0 Å². The van der Waals surface area contributed by atoms with Crippen LogP contribution < -0.4 is 0 Å². The molecule has 0 atom stereocenters.